The molecule has 18 heavy (non-hydrogen) atoms. The van der Waals surface area contributed by atoms with Gasteiger partial charge >= 0.3 is 0 Å². The molecule has 102 valence electrons. The summed E-state index contributed by atoms with van der Waals surface area (Å²) in [4.78, 5) is 4.56. The fourth-order valence-corrected chi connectivity index (χ4v) is 2.66. The molecule has 0 bridgehead atoms. The summed E-state index contributed by atoms with van der Waals surface area (Å²) in [6, 6.07) is 0.189. The van der Waals surface area contributed by atoms with Gasteiger partial charge in [0.15, 0.2) is 0 Å². The number of nitrogens with zero attached hydrogens (tertiary/aromatic N) is 2. The van der Waals surface area contributed by atoms with Crippen molar-refractivity contribution in [3.05, 3.63) is 11.7 Å². The first-order chi connectivity index (χ1) is 8.66. The molecular formula is C13H23N3O2. The third-order valence-corrected chi connectivity index (χ3v) is 4.18. The van der Waals surface area contributed by atoms with Crippen LogP contribution in [0.15, 0.2) is 4.52 Å². The molecule has 1 saturated heterocycles. The average molecular weight is 253 g/mol. The fourth-order valence-electron chi connectivity index (χ4n) is 2.66. The number of methoxy groups -OCH3 is 1. The minimum Gasteiger partial charge on any atom is -0.370 e. The first kappa shape index (κ1) is 13.5. The van der Waals surface area contributed by atoms with Gasteiger partial charge in [-0.15, -0.1) is 0 Å². The number of hydrogen-bond donors (Lipinski definition) is 1. The van der Waals surface area contributed by atoms with E-state index >= 15 is 0 Å². The first-order valence-electron chi connectivity index (χ1n) is 6.79. The molecule has 1 N–H and O–H groups in total. The normalized spacial score (nSPS) is 24.7. The SMILES string of the molecule is CCC(CC)(OC)c1noc(C2NCCC2C)n1. The average Bonchev–Trinajstić information content (AvgIpc) is 3.01. The molecule has 1 aliphatic heterocycles. The quantitative estimate of drug-likeness (QED) is 0.873. The highest BCUT2D eigenvalue weighted by atomic mass is 16.5. The minimum atomic E-state index is -0.413. The number of rotatable bonds is 5. The van der Waals surface area contributed by atoms with Gasteiger partial charge in [0.1, 0.15) is 5.60 Å². The molecule has 2 atom stereocenters. The van der Waals surface area contributed by atoms with E-state index in [1.54, 1.807) is 7.11 Å². The number of aromatic nitrogens is 2. The zero-order valence-electron chi connectivity index (χ0n) is 11.7. The van der Waals surface area contributed by atoms with Gasteiger partial charge in [0.2, 0.25) is 11.7 Å². The Balaban J connectivity index is 2.24. The molecule has 1 aliphatic rings. The second kappa shape index (κ2) is 5.36. The Morgan fingerprint density at radius 3 is 2.67 bits per heavy atom. The van der Waals surface area contributed by atoms with Crippen molar-refractivity contribution in [3.8, 4) is 0 Å². The van der Waals surface area contributed by atoms with Crippen LogP contribution < -0.4 is 5.32 Å². The minimum absolute atomic E-state index is 0.189. The third-order valence-electron chi connectivity index (χ3n) is 4.18. The van der Waals surface area contributed by atoms with Crippen LogP contribution in [0.2, 0.25) is 0 Å². The molecule has 0 amide bonds. The van der Waals surface area contributed by atoms with E-state index in [-0.39, 0.29) is 6.04 Å². The van der Waals surface area contributed by atoms with Crippen molar-refractivity contribution in [2.45, 2.75) is 51.7 Å². The lowest BCUT2D eigenvalue weighted by atomic mass is 9.96. The molecule has 2 unspecified atom stereocenters. The summed E-state index contributed by atoms with van der Waals surface area (Å²) in [5.74, 6) is 1.91. The van der Waals surface area contributed by atoms with Gasteiger partial charge in [-0.05, 0) is 31.7 Å². The van der Waals surface area contributed by atoms with Crippen LogP contribution in [-0.2, 0) is 10.3 Å². The Morgan fingerprint density at radius 1 is 1.44 bits per heavy atom. The maximum Gasteiger partial charge on any atom is 0.244 e. The molecule has 0 aliphatic carbocycles. The lowest BCUT2D eigenvalue weighted by Crippen LogP contribution is -2.28. The van der Waals surface area contributed by atoms with Crippen LogP contribution in [0.4, 0.5) is 0 Å². The van der Waals surface area contributed by atoms with Crippen LogP contribution >= 0.6 is 0 Å². The van der Waals surface area contributed by atoms with Crippen LogP contribution in [0.5, 0.6) is 0 Å². The Bertz CT molecular complexity index is 379. The van der Waals surface area contributed by atoms with E-state index in [1.807, 2.05) is 0 Å². The van der Waals surface area contributed by atoms with Crippen LogP contribution in [0.25, 0.3) is 0 Å². The van der Waals surface area contributed by atoms with Crippen LogP contribution in [-0.4, -0.2) is 23.8 Å². The van der Waals surface area contributed by atoms with Crippen molar-refractivity contribution < 1.29 is 9.26 Å². The molecule has 5 heteroatoms. The van der Waals surface area contributed by atoms with E-state index in [4.69, 9.17) is 9.26 Å². The summed E-state index contributed by atoms with van der Waals surface area (Å²) in [6.45, 7) is 7.39. The van der Waals surface area contributed by atoms with E-state index < -0.39 is 5.60 Å². The molecule has 2 heterocycles. The topological polar surface area (TPSA) is 60.2 Å². The zero-order chi connectivity index (χ0) is 13.2. The maximum atomic E-state index is 5.62. The summed E-state index contributed by atoms with van der Waals surface area (Å²) >= 11 is 0. The predicted molar refractivity (Wildman–Crippen MR) is 68.1 cm³/mol. The summed E-state index contributed by atoms with van der Waals surface area (Å²) in [5, 5.41) is 7.53. The van der Waals surface area contributed by atoms with Crippen LogP contribution in [0.1, 0.15) is 57.8 Å². The molecule has 1 aromatic rings. The highest BCUT2D eigenvalue weighted by molar-refractivity contribution is 5.04. The molecule has 0 aromatic carbocycles. The number of hydrogen-bond acceptors (Lipinski definition) is 5. The van der Waals surface area contributed by atoms with Gasteiger partial charge in [-0.25, -0.2) is 0 Å². The standard InChI is InChI=1S/C13H23N3O2/c1-5-13(6-2,17-4)12-15-11(18-16-12)10-9(3)7-8-14-10/h9-10,14H,5-8H2,1-4H3. The van der Waals surface area contributed by atoms with Crippen molar-refractivity contribution >= 4 is 0 Å². The van der Waals surface area contributed by atoms with Gasteiger partial charge < -0.3 is 14.6 Å². The summed E-state index contributed by atoms with van der Waals surface area (Å²) in [6.07, 6.45) is 2.83. The molecular weight excluding hydrogens is 230 g/mol. The molecule has 0 radical (unpaired) electrons. The second-order valence-corrected chi connectivity index (χ2v) is 5.06. The smallest absolute Gasteiger partial charge is 0.244 e. The number of ether oxygens (including phenoxy) is 1. The van der Waals surface area contributed by atoms with E-state index in [9.17, 15) is 0 Å². The van der Waals surface area contributed by atoms with Gasteiger partial charge in [-0.3, -0.25) is 0 Å². The fraction of sp³-hybridized carbons (Fsp3) is 0.846. The lowest BCUT2D eigenvalue weighted by molar-refractivity contribution is -0.0306. The first-order valence-corrected chi connectivity index (χ1v) is 6.79. The molecule has 0 spiro atoms. The van der Waals surface area contributed by atoms with Crippen molar-refractivity contribution in [2.75, 3.05) is 13.7 Å². The van der Waals surface area contributed by atoms with Gasteiger partial charge in [0, 0.05) is 7.11 Å². The van der Waals surface area contributed by atoms with Crippen molar-refractivity contribution in [3.63, 3.8) is 0 Å². The second-order valence-electron chi connectivity index (χ2n) is 5.06. The number of nitrogens with one attached hydrogen (secondary N) is 1. The molecule has 0 saturated carbocycles. The summed E-state index contributed by atoms with van der Waals surface area (Å²) in [5.41, 5.74) is -0.413. The van der Waals surface area contributed by atoms with E-state index in [2.05, 4.69) is 36.2 Å². The molecule has 2 rings (SSSR count). The van der Waals surface area contributed by atoms with Crippen molar-refractivity contribution in [1.29, 1.82) is 0 Å². The highest BCUT2D eigenvalue weighted by Gasteiger charge is 2.36. The highest BCUT2D eigenvalue weighted by Crippen LogP contribution is 2.33. The molecule has 1 aromatic heterocycles. The van der Waals surface area contributed by atoms with E-state index in [0.29, 0.717) is 17.6 Å². The van der Waals surface area contributed by atoms with Gasteiger partial charge in [-0.1, -0.05) is 25.9 Å². The maximum absolute atomic E-state index is 5.62. The largest absolute Gasteiger partial charge is 0.370 e. The van der Waals surface area contributed by atoms with E-state index in [1.165, 1.54) is 0 Å². The molecule has 5 nitrogen and oxygen atoms in total. The lowest BCUT2D eigenvalue weighted by Gasteiger charge is -2.26. The van der Waals surface area contributed by atoms with Crippen molar-refractivity contribution in [2.24, 2.45) is 5.92 Å². The zero-order valence-corrected chi connectivity index (χ0v) is 11.7. The predicted octanol–water partition coefficient (Wildman–Crippen LogP) is 2.40. The Kier molecular flexibility index (Phi) is 4.02. The summed E-state index contributed by atoms with van der Waals surface area (Å²) < 4.78 is 11.0. The third kappa shape index (κ3) is 2.17. The van der Waals surface area contributed by atoms with Crippen molar-refractivity contribution in [1.82, 2.24) is 15.5 Å². The van der Waals surface area contributed by atoms with E-state index in [0.717, 1.165) is 25.8 Å². The van der Waals surface area contributed by atoms with Gasteiger partial charge in [0.25, 0.3) is 0 Å². The Hall–Kier alpha value is -0.940. The Morgan fingerprint density at radius 2 is 2.17 bits per heavy atom. The van der Waals surface area contributed by atoms with Gasteiger partial charge in [-0.2, -0.15) is 4.98 Å². The van der Waals surface area contributed by atoms with Crippen LogP contribution in [0.3, 0.4) is 0 Å². The molecule has 1 fully saturated rings. The van der Waals surface area contributed by atoms with Gasteiger partial charge in [0.05, 0.1) is 6.04 Å². The van der Waals surface area contributed by atoms with Crippen LogP contribution in [0, 0.1) is 5.92 Å². The Labute approximate surface area is 108 Å². The monoisotopic (exact) mass is 253 g/mol. The summed E-state index contributed by atoms with van der Waals surface area (Å²) in [7, 11) is 1.71.